The van der Waals surface area contributed by atoms with Crippen molar-refractivity contribution in [3.63, 3.8) is 0 Å². The molecule has 1 N–H and O–H groups in total. The molecule has 1 saturated heterocycles. The van der Waals surface area contributed by atoms with Crippen LogP contribution in [0.5, 0.6) is 5.75 Å². The van der Waals surface area contributed by atoms with Crippen LogP contribution >= 0.6 is 15.9 Å². The van der Waals surface area contributed by atoms with Gasteiger partial charge in [-0.15, -0.1) is 0 Å². The Morgan fingerprint density at radius 2 is 2.29 bits per heavy atom. The molecule has 1 aromatic rings. The van der Waals surface area contributed by atoms with E-state index in [9.17, 15) is 5.11 Å². The average molecular weight is 354 g/mol. The fourth-order valence-corrected chi connectivity index (χ4v) is 4.16. The Labute approximate surface area is 135 Å². The Morgan fingerprint density at radius 3 is 3.10 bits per heavy atom. The van der Waals surface area contributed by atoms with Gasteiger partial charge in [-0.3, -0.25) is 4.90 Å². The largest absolute Gasteiger partial charge is 0.493 e. The van der Waals surface area contributed by atoms with Crippen molar-refractivity contribution in [2.24, 2.45) is 0 Å². The first-order valence-corrected chi connectivity index (χ1v) is 8.79. The molecule has 21 heavy (non-hydrogen) atoms. The van der Waals surface area contributed by atoms with Gasteiger partial charge in [0.15, 0.2) is 0 Å². The lowest BCUT2D eigenvalue weighted by molar-refractivity contribution is 0.0812. The molecule has 2 aliphatic rings. The van der Waals surface area contributed by atoms with Crippen molar-refractivity contribution in [1.82, 2.24) is 4.90 Å². The number of aliphatic hydroxyl groups excluding tert-OH is 1. The monoisotopic (exact) mass is 353 g/mol. The Balaban J connectivity index is 1.78. The zero-order chi connectivity index (χ0) is 14.8. The van der Waals surface area contributed by atoms with Crippen LogP contribution in [0.3, 0.4) is 0 Å². The number of halogens is 1. The number of benzene rings is 1. The Bertz CT molecular complexity index is 504. The molecule has 2 unspecified atom stereocenters. The molecule has 3 rings (SSSR count). The minimum atomic E-state index is -0.222. The van der Waals surface area contributed by atoms with Gasteiger partial charge < -0.3 is 9.84 Å². The molecule has 0 aliphatic carbocycles. The van der Waals surface area contributed by atoms with Gasteiger partial charge in [-0.05, 0) is 50.4 Å². The highest BCUT2D eigenvalue weighted by atomic mass is 79.9. The molecule has 1 aromatic carbocycles. The number of nitrogens with zero attached hydrogens (tertiary/aromatic N) is 1. The topological polar surface area (TPSA) is 32.7 Å². The summed E-state index contributed by atoms with van der Waals surface area (Å²) in [7, 11) is 0. The van der Waals surface area contributed by atoms with E-state index in [1.165, 1.54) is 30.4 Å². The molecular weight excluding hydrogens is 330 g/mol. The summed E-state index contributed by atoms with van der Waals surface area (Å²) in [5.74, 6) is 1.10. The smallest absolute Gasteiger partial charge is 0.127 e. The van der Waals surface area contributed by atoms with Crippen LogP contribution in [0.25, 0.3) is 0 Å². The minimum absolute atomic E-state index is 0.222. The summed E-state index contributed by atoms with van der Waals surface area (Å²) in [4.78, 5) is 2.53. The highest BCUT2D eigenvalue weighted by molar-refractivity contribution is 9.10. The zero-order valence-corrected chi connectivity index (χ0v) is 14.2. The number of likely N-dealkylation sites (tertiary alicyclic amines) is 1. The molecule has 0 saturated carbocycles. The van der Waals surface area contributed by atoms with Crippen LogP contribution < -0.4 is 4.74 Å². The average Bonchev–Trinajstić information content (AvgIpc) is 2.88. The fraction of sp³-hybridized carbons (Fsp3) is 0.647. The van der Waals surface area contributed by atoms with Crippen LogP contribution in [0.4, 0.5) is 0 Å². The van der Waals surface area contributed by atoms with Gasteiger partial charge in [0.05, 0.1) is 12.7 Å². The van der Waals surface area contributed by atoms with E-state index in [0.29, 0.717) is 6.04 Å². The molecule has 0 spiro atoms. The van der Waals surface area contributed by atoms with E-state index in [-0.39, 0.29) is 6.10 Å². The minimum Gasteiger partial charge on any atom is -0.493 e. The lowest BCUT2D eigenvalue weighted by atomic mass is 9.96. The molecule has 0 aromatic heterocycles. The second kappa shape index (κ2) is 6.67. The van der Waals surface area contributed by atoms with Gasteiger partial charge in [-0.25, -0.2) is 0 Å². The quantitative estimate of drug-likeness (QED) is 0.898. The molecule has 0 amide bonds. The maximum atomic E-state index is 9.73. The van der Waals surface area contributed by atoms with Crippen LogP contribution in [0, 0.1) is 0 Å². The summed E-state index contributed by atoms with van der Waals surface area (Å²) in [6.45, 7) is 4.75. The molecule has 1 fully saturated rings. The molecule has 2 heterocycles. The maximum Gasteiger partial charge on any atom is 0.127 e. The molecule has 0 radical (unpaired) electrons. The Kier molecular flexibility index (Phi) is 4.87. The zero-order valence-electron chi connectivity index (χ0n) is 12.6. The third kappa shape index (κ3) is 3.61. The van der Waals surface area contributed by atoms with Crippen molar-refractivity contribution in [2.75, 3.05) is 13.2 Å². The molecule has 2 aliphatic heterocycles. The summed E-state index contributed by atoms with van der Waals surface area (Å²) in [6.07, 6.45) is 5.40. The molecule has 3 nitrogen and oxygen atoms in total. The summed E-state index contributed by atoms with van der Waals surface area (Å²) < 4.78 is 6.99. The first kappa shape index (κ1) is 15.3. The number of hydrogen-bond donors (Lipinski definition) is 1. The molecule has 116 valence electrons. The van der Waals surface area contributed by atoms with Crippen molar-refractivity contribution in [2.45, 2.75) is 57.7 Å². The number of aliphatic hydroxyl groups is 1. The number of piperidine rings is 1. The third-order valence-electron chi connectivity index (χ3n) is 4.56. The van der Waals surface area contributed by atoms with Gasteiger partial charge >= 0.3 is 0 Å². The SMILES string of the molecule is CC(O)CC1CCCCN1Cc1cc(Br)cc2c1OCC2. The number of ether oxygens (including phenoxy) is 1. The second-order valence-corrected chi connectivity index (χ2v) is 7.27. The van der Waals surface area contributed by atoms with Crippen molar-refractivity contribution in [3.8, 4) is 5.75 Å². The first-order chi connectivity index (χ1) is 10.1. The van der Waals surface area contributed by atoms with Crippen molar-refractivity contribution in [1.29, 1.82) is 0 Å². The summed E-state index contributed by atoms with van der Waals surface area (Å²) >= 11 is 3.62. The van der Waals surface area contributed by atoms with E-state index < -0.39 is 0 Å². The van der Waals surface area contributed by atoms with Crippen LogP contribution in [0.15, 0.2) is 16.6 Å². The molecular formula is C17H24BrNO2. The van der Waals surface area contributed by atoms with Gasteiger partial charge in [0, 0.05) is 29.0 Å². The predicted molar refractivity (Wildman–Crippen MR) is 87.7 cm³/mol. The van der Waals surface area contributed by atoms with E-state index >= 15 is 0 Å². The lowest BCUT2D eigenvalue weighted by Gasteiger charge is -2.36. The number of rotatable bonds is 4. The van der Waals surface area contributed by atoms with E-state index in [2.05, 4.69) is 33.0 Å². The summed E-state index contributed by atoms with van der Waals surface area (Å²) in [5.41, 5.74) is 2.61. The maximum absolute atomic E-state index is 9.73. The van der Waals surface area contributed by atoms with E-state index in [1.807, 2.05) is 6.92 Å². The standard InChI is InChI=1S/C17H24BrNO2/c1-12(20)8-16-4-2-3-6-19(16)11-14-10-15(18)9-13-5-7-21-17(13)14/h9-10,12,16,20H,2-8,11H2,1H3. The summed E-state index contributed by atoms with van der Waals surface area (Å²) in [6, 6.07) is 4.86. The van der Waals surface area contributed by atoms with Gasteiger partial charge in [0.2, 0.25) is 0 Å². The van der Waals surface area contributed by atoms with E-state index in [4.69, 9.17) is 4.74 Å². The predicted octanol–water partition coefficient (Wildman–Crippen LogP) is 3.51. The Morgan fingerprint density at radius 1 is 1.43 bits per heavy atom. The first-order valence-electron chi connectivity index (χ1n) is 7.99. The molecule has 4 heteroatoms. The Hall–Kier alpha value is -0.580. The van der Waals surface area contributed by atoms with Gasteiger partial charge in [0.1, 0.15) is 5.75 Å². The van der Waals surface area contributed by atoms with Gasteiger partial charge in [-0.2, -0.15) is 0 Å². The third-order valence-corrected chi connectivity index (χ3v) is 5.02. The summed E-state index contributed by atoms with van der Waals surface area (Å²) in [5, 5.41) is 9.73. The molecule has 0 bridgehead atoms. The second-order valence-electron chi connectivity index (χ2n) is 6.36. The van der Waals surface area contributed by atoms with Gasteiger partial charge in [-0.1, -0.05) is 22.4 Å². The fourth-order valence-electron chi connectivity index (χ4n) is 3.61. The molecule has 2 atom stereocenters. The lowest BCUT2D eigenvalue weighted by Crippen LogP contribution is -2.40. The van der Waals surface area contributed by atoms with Crippen LogP contribution in [-0.4, -0.2) is 35.3 Å². The normalized spacial score (nSPS) is 23.7. The van der Waals surface area contributed by atoms with E-state index in [1.54, 1.807) is 0 Å². The van der Waals surface area contributed by atoms with E-state index in [0.717, 1.165) is 42.8 Å². The van der Waals surface area contributed by atoms with Crippen molar-refractivity contribution in [3.05, 3.63) is 27.7 Å². The number of hydrogen-bond acceptors (Lipinski definition) is 3. The van der Waals surface area contributed by atoms with Gasteiger partial charge in [0.25, 0.3) is 0 Å². The highest BCUT2D eigenvalue weighted by Crippen LogP contribution is 2.35. The van der Waals surface area contributed by atoms with Crippen LogP contribution in [0.1, 0.15) is 43.7 Å². The van der Waals surface area contributed by atoms with Crippen molar-refractivity contribution >= 4 is 15.9 Å². The van der Waals surface area contributed by atoms with Crippen LogP contribution in [0.2, 0.25) is 0 Å². The number of fused-ring (bicyclic) bond motifs is 1. The van der Waals surface area contributed by atoms with Crippen molar-refractivity contribution < 1.29 is 9.84 Å². The van der Waals surface area contributed by atoms with Crippen LogP contribution in [-0.2, 0) is 13.0 Å². The highest BCUT2D eigenvalue weighted by Gasteiger charge is 2.26.